The second-order valence-corrected chi connectivity index (χ2v) is 15.4. The Balaban J connectivity index is 0.769. The van der Waals surface area contributed by atoms with Crippen molar-refractivity contribution in [3.63, 3.8) is 0 Å². The van der Waals surface area contributed by atoms with Crippen molar-refractivity contribution in [2.75, 3.05) is 44.9 Å². The van der Waals surface area contributed by atoms with Crippen LogP contribution in [-0.4, -0.2) is 72.6 Å². The average Bonchev–Trinajstić information content (AvgIpc) is 3.95. The molecule has 0 unspecified atom stereocenters. The Bertz CT molecular complexity index is 2250. The minimum absolute atomic E-state index is 0.0206. The number of rotatable bonds is 17. The summed E-state index contributed by atoms with van der Waals surface area (Å²) in [4.78, 5) is 41.2. The number of aromatic nitrogens is 2. The minimum atomic E-state index is -0.0708. The lowest BCUT2D eigenvalue weighted by Gasteiger charge is -2.20. The van der Waals surface area contributed by atoms with Crippen molar-refractivity contribution in [2.45, 2.75) is 83.1 Å². The number of fused-ring (bicyclic) bond motifs is 3. The highest BCUT2D eigenvalue weighted by molar-refractivity contribution is 6.03. The van der Waals surface area contributed by atoms with Gasteiger partial charge in [0.25, 0.3) is 11.5 Å². The topological polar surface area (TPSA) is 98.5 Å². The quantitative estimate of drug-likeness (QED) is 0.0870. The van der Waals surface area contributed by atoms with Crippen LogP contribution in [0.4, 0.5) is 11.4 Å². The van der Waals surface area contributed by atoms with Gasteiger partial charge in [0, 0.05) is 43.2 Å². The van der Waals surface area contributed by atoms with Gasteiger partial charge in [0.05, 0.1) is 54.2 Å². The molecule has 0 aliphatic carbocycles. The third kappa shape index (κ3) is 8.70. The number of unbranched alkanes of at least 4 members (excludes halogenated alkanes) is 7. The van der Waals surface area contributed by atoms with Gasteiger partial charge in [0.2, 0.25) is 0 Å². The predicted octanol–water partition coefficient (Wildman–Crippen LogP) is 9.56. The monoisotopic (exact) mass is 767 g/mol. The van der Waals surface area contributed by atoms with Gasteiger partial charge in [-0.15, -0.1) is 0 Å². The van der Waals surface area contributed by atoms with Crippen molar-refractivity contribution in [3.05, 3.63) is 101 Å². The molecule has 2 saturated heterocycles. The van der Waals surface area contributed by atoms with E-state index in [4.69, 9.17) is 19.2 Å². The van der Waals surface area contributed by atoms with Crippen LogP contribution in [0.3, 0.4) is 0 Å². The summed E-state index contributed by atoms with van der Waals surface area (Å²) in [6.45, 7) is 4.07. The van der Waals surface area contributed by atoms with E-state index in [-0.39, 0.29) is 17.5 Å². The van der Waals surface area contributed by atoms with Crippen LogP contribution in [0.25, 0.3) is 28.0 Å². The highest BCUT2D eigenvalue weighted by atomic mass is 16.5. The molecule has 0 bridgehead atoms. The average molecular weight is 768 g/mol. The molecular weight excluding hydrogens is 715 g/mol. The zero-order chi connectivity index (χ0) is 39.0. The van der Waals surface area contributed by atoms with Crippen LogP contribution in [-0.2, 0) is 0 Å². The summed E-state index contributed by atoms with van der Waals surface area (Å²) in [6.07, 6.45) is 15.2. The molecule has 0 spiro atoms. The maximum atomic E-state index is 14.2. The molecule has 2 fully saturated rings. The fourth-order valence-electron chi connectivity index (χ4n) is 8.31. The number of amides is 1. The fourth-order valence-corrected chi connectivity index (χ4v) is 8.31. The molecule has 57 heavy (non-hydrogen) atoms. The molecule has 0 radical (unpaired) electrons. The zero-order valence-corrected chi connectivity index (χ0v) is 33.0. The number of carbonyl (C=O) groups is 1. The summed E-state index contributed by atoms with van der Waals surface area (Å²) in [5.74, 6) is 2.66. The van der Waals surface area contributed by atoms with Crippen LogP contribution < -0.4 is 24.7 Å². The first-order valence-corrected chi connectivity index (χ1v) is 20.9. The lowest BCUT2D eigenvalue weighted by Crippen LogP contribution is -2.35. The number of aliphatic imine (C=N–C) groups is 1. The SMILES string of the molecule is COc1cc2c(cc1OCCCCCCCCCCOc1ccc(-n3c(-c4ccccc4)nc4ccc(N5CCCC5)cc4c3=O)cc1)N=C[C@@H]1CCCN1C2=O. The van der Waals surface area contributed by atoms with Crippen LogP contribution in [0.15, 0.2) is 94.7 Å². The van der Waals surface area contributed by atoms with Gasteiger partial charge >= 0.3 is 0 Å². The molecule has 296 valence electrons. The third-order valence-corrected chi connectivity index (χ3v) is 11.5. The van der Waals surface area contributed by atoms with E-state index in [1.165, 1.54) is 38.5 Å². The van der Waals surface area contributed by atoms with Crippen molar-refractivity contribution in [3.8, 4) is 34.3 Å². The zero-order valence-electron chi connectivity index (χ0n) is 33.0. The Morgan fingerprint density at radius 1 is 0.702 bits per heavy atom. The van der Waals surface area contributed by atoms with Crippen LogP contribution in [0.2, 0.25) is 0 Å². The van der Waals surface area contributed by atoms with E-state index in [0.29, 0.717) is 52.7 Å². The molecule has 1 atom stereocenters. The molecule has 1 amide bonds. The smallest absolute Gasteiger partial charge is 0.266 e. The molecule has 1 aromatic heterocycles. The molecule has 3 aliphatic rings. The Labute approximate surface area is 335 Å². The number of hydrogen-bond donors (Lipinski definition) is 0. The Morgan fingerprint density at radius 2 is 1.40 bits per heavy atom. The number of nitrogens with zero attached hydrogens (tertiary/aromatic N) is 5. The van der Waals surface area contributed by atoms with E-state index in [1.807, 2.05) is 83.9 Å². The summed E-state index contributed by atoms with van der Waals surface area (Å²) < 4.78 is 19.5. The van der Waals surface area contributed by atoms with Crippen molar-refractivity contribution in [2.24, 2.45) is 4.99 Å². The van der Waals surface area contributed by atoms with E-state index in [9.17, 15) is 9.59 Å². The lowest BCUT2D eigenvalue weighted by molar-refractivity contribution is 0.0774. The van der Waals surface area contributed by atoms with Gasteiger partial charge in [0.15, 0.2) is 11.5 Å². The maximum Gasteiger partial charge on any atom is 0.266 e. The van der Waals surface area contributed by atoms with Gasteiger partial charge in [0.1, 0.15) is 11.6 Å². The molecule has 0 saturated carbocycles. The Hall–Kier alpha value is -5.64. The molecule has 5 aromatic rings. The first-order chi connectivity index (χ1) is 28.1. The van der Waals surface area contributed by atoms with E-state index >= 15 is 0 Å². The summed E-state index contributed by atoms with van der Waals surface area (Å²) in [5.41, 5.74) is 4.61. The van der Waals surface area contributed by atoms with E-state index in [2.05, 4.69) is 16.0 Å². The summed E-state index contributed by atoms with van der Waals surface area (Å²) >= 11 is 0. The van der Waals surface area contributed by atoms with E-state index in [1.54, 1.807) is 17.7 Å². The van der Waals surface area contributed by atoms with Crippen molar-refractivity contribution in [1.29, 1.82) is 0 Å². The standard InChI is InChI=1S/C47H53N5O5/c1-55-43-31-40-42(48-33-37-18-15-27-51(37)46(40)53)32-44(43)57-29-14-7-5-3-2-4-6-13-28-56-38-22-19-35(20-23-38)52-45(34-16-9-8-10-17-34)49-41-24-21-36(30-39(41)47(52)54)50-25-11-12-26-50/h8-10,16-17,19-24,30-33,37H,2-7,11-15,18,25-29H2,1H3/t37-/m0/s1. The number of carbonyl (C=O) groups excluding carboxylic acids is 1. The minimum Gasteiger partial charge on any atom is -0.494 e. The first-order valence-electron chi connectivity index (χ1n) is 20.9. The van der Waals surface area contributed by atoms with Crippen LogP contribution in [0.5, 0.6) is 17.2 Å². The number of benzene rings is 4. The summed E-state index contributed by atoms with van der Waals surface area (Å²) in [5, 5.41) is 0.627. The first kappa shape index (κ1) is 38.2. The maximum absolute atomic E-state index is 14.2. The van der Waals surface area contributed by atoms with E-state index in [0.717, 1.165) is 80.8 Å². The molecule has 0 N–H and O–H groups in total. The molecule has 4 aromatic carbocycles. The van der Waals surface area contributed by atoms with Gasteiger partial charge in [-0.3, -0.25) is 19.1 Å². The number of anilines is 1. The lowest BCUT2D eigenvalue weighted by atomic mass is 10.1. The Morgan fingerprint density at radius 3 is 2.14 bits per heavy atom. The van der Waals surface area contributed by atoms with Crippen molar-refractivity contribution >= 4 is 34.4 Å². The van der Waals surface area contributed by atoms with E-state index < -0.39 is 0 Å². The molecular formula is C47H53N5O5. The normalized spacial score (nSPS) is 16.2. The number of ether oxygens (including phenoxy) is 3. The third-order valence-electron chi connectivity index (χ3n) is 11.5. The van der Waals surface area contributed by atoms with Crippen LogP contribution in [0.1, 0.15) is 87.4 Å². The molecule has 3 aliphatic heterocycles. The van der Waals surface area contributed by atoms with Gasteiger partial charge in [-0.05, 0) is 87.1 Å². The van der Waals surface area contributed by atoms with Gasteiger partial charge in [-0.1, -0.05) is 68.9 Å². The second-order valence-electron chi connectivity index (χ2n) is 15.4. The van der Waals surface area contributed by atoms with Crippen molar-refractivity contribution in [1.82, 2.24) is 14.5 Å². The molecule has 4 heterocycles. The molecule has 10 heteroatoms. The van der Waals surface area contributed by atoms with Gasteiger partial charge < -0.3 is 24.0 Å². The van der Waals surface area contributed by atoms with Crippen LogP contribution in [0, 0.1) is 0 Å². The second kappa shape index (κ2) is 18.1. The summed E-state index contributed by atoms with van der Waals surface area (Å²) in [7, 11) is 1.61. The summed E-state index contributed by atoms with van der Waals surface area (Å²) in [6, 6.07) is 27.5. The Kier molecular flexibility index (Phi) is 12.1. The predicted molar refractivity (Wildman–Crippen MR) is 227 cm³/mol. The molecule has 8 rings (SSSR count). The largest absolute Gasteiger partial charge is 0.494 e. The number of hydrogen-bond acceptors (Lipinski definition) is 8. The van der Waals surface area contributed by atoms with Gasteiger partial charge in [-0.2, -0.15) is 0 Å². The fraction of sp³-hybridized carbons (Fsp3) is 0.404. The highest BCUT2D eigenvalue weighted by Crippen LogP contribution is 2.38. The van der Waals surface area contributed by atoms with Gasteiger partial charge in [-0.25, -0.2) is 4.98 Å². The number of methoxy groups -OCH3 is 1. The van der Waals surface area contributed by atoms with Crippen molar-refractivity contribution < 1.29 is 19.0 Å². The van der Waals surface area contributed by atoms with Crippen LogP contribution >= 0.6 is 0 Å². The molecule has 10 nitrogen and oxygen atoms in total. The highest BCUT2D eigenvalue weighted by Gasteiger charge is 2.32.